The molecule has 2 aromatic rings. The minimum absolute atomic E-state index is 0.0174. The quantitative estimate of drug-likeness (QED) is 0.274. The highest BCUT2D eigenvalue weighted by Gasteiger charge is 2.08. The van der Waals surface area contributed by atoms with Gasteiger partial charge in [-0.2, -0.15) is 5.10 Å². The van der Waals surface area contributed by atoms with Gasteiger partial charge in [-0.15, -0.1) is 0 Å². The summed E-state index contributed by atoms with van der Waals surface area (Å²) in [7, 11) is 0. The van der Waals surface area contributed by atoms with Crippen molar-refractivity contribution in [3.8, 4) is 0 Å². The standard InChI is InChI=1S/C18H17IN4O4/c1-12-9-14(19)5-6-16(12)21-17(24)7-8-18(25)22-20-11-13-3-2-4-15(10-13)23(26)27/h2-6,9-11H,7-8H2,1H3,(H,21,24)(H,22,25)/b20-11+. The Kier molecular flexibility index (Phi) is 7.41. The van der Waals surface area contributed by atoms with E-state index in [-0.39, 0.29) is 24.4 Å². The first kappa shape index (κ1) is 20.5. The molecule has 0 aromatic heterocycles. The molecule has 0 atom stereocenters. The molecule has 9 heteroatoms. The fourth-order valence-electron chi connectivity index (χ4n) is 2.16. The van der Waals surface area contributed by atoms with Crippen LogP contribution in [-0.2, 0) is 9.59 Å². The van der Waals surface area contributed by atoms with Gasteiger partial charge in [0.05, 0.1) is 11.1 Å². The van der Waals surface area contributed by atoms with Crippen LogP contribution in [0.2, 0.25) is 0 Å². The number of nitro benzene ring substituents is 1. The van der Waals surface area contributed by atoms with Crippen molar-refractivity contribution in [1.82, 2.24) is 5.43 Å². The molecule has 0 aliphatic rings. The zero-order valence-corrected chi connectivity index (χ0v) is 16.6. The number of carbonyl (C=O) groups is 2. The Morgan fingerprint density at radius 2 is 1.93 bits per heavy atom. The monoisotopic (exact) mass is 480 g/mol. The van der Waals surface area contributed by atoms with Crippen molar-refractivity contribution < 1.29 is 14.5 Å². The number of halogens is 1. The van der Waals surface area contributed by atoms with Crippen LogP contribution in [0.25, 0.3) is 0 Å². The second kappa shape index (κ2) is 9.76. The third kappa shape index (κ3) is 6.77. The molecular formula is C18H17IN4O4. The average Bonchev–Trinajstić information content (AvgIpc) is 2.62. The lowest BCUT2D eigenvalue weighted by molar-refractivity contribution is -0.384. The van der Waals surface area contributed by atoms with Gasteiger partial charge in [-0.3, -0.25) is 19.7 Å². The molecule has 0 fully saturated rings. The largest absolute Gasteiger partial charge is 0.326 e. The van der Waals surface area contributed by atoms with Crippen molar-refractivity contribution in [2.24, 2.45) is 5.10 Å². The summed E-state index contributed by atoms with van der Waals surface area (Å²) in [5.74, 6) is -0.691. The van der Waals surface area contributed by atoms with Crippen molar-refractivity contribution in [3.05, 3.63) is 67.3 Å². The van der Waals surface area contributed by atoms with E-state index in [1.165, 1.54) is 24.4 Å². The fourth-order valence-corrected chi connectivity index (χ4v) is 2.81. The fraction of sp³-hybridized carbons (Fsp3) is 0.167. The first-order valence-corrected chi connectivity index (χ1v) is 9.05. The summed E-state index contributed by atoms with van der Waals surface area (Å²) >= 11 is 2.19. The van der Waals surface area contributed by atoms with Crippen LogP contribution in [0.15, 0.2) is 47.6 Å². The molecule has 0 spiro atoms. The Hall–Kier alpha value is -2.82. The Bertz CT molecular complexity index is 899. The van der Waals surface area contributed by atoms with Gasteiger partial charge in [0.15, 0.2) is 0 Å². The molecule has 140 valence electrons. The predicted octanol–water partition coefficient (Wildman–Crippen LogP) is 3.38. The minimum atomic E-state index is -0.510. The maximum absolute atomic E-state index is 12.0. The molecule has 2 N–H and O–H groups in total. The van der Waals surface area contributed by atoms with E-state index in [2.05, 4.69) is 38.4 Å². The highest BCUT2D eigenvalue weighted by molar-refractivity contribution is 14.1. The molecule has 0 radical (unpaired) electrons. The van der Waals surface area contributed by atoms with Gasteiger partial charge in [-0.05, 0) is 53.3 Å². The molecule has 0 saturated carbocycles. The molecule has 0 unspecified atom stereocenters. The van der Waals surface area contributed by atoms with Crippen LogP contribution in [0.3, 0.4) is 0 Å². The number of hydrogen-bond donors (Lipinski definition) is 2. The number of hydrogen-bond acceptors (Lipinski definition) is 5. The Labute approximate surface area is 169 Å². The number of nitrogens with one attached hydrogen (secondary N) is 2. The summed E-state index contributed by atoms with van der Waals surface area (Å²) in [5, 5.41) is 17.2. The van der Waals surface area contributed by atoms with Crippen molar-refractivity contribution in [2.75, 3.05) is 5.32 Å². The smallest absolute Gasteiger partial charge is 0.270 e. The molecule has 0 aliphatic carbocycles. The highest BCUT2D eigenvalue weighted by Crippen LogP contribution is 2.18. The second-order valence-corrected chi connectivity index (χ2v) is 6.90. The second-order valence-electron chi connectivity index (χ2n) is 5.65. The van der Waals surface area contributed by atoms with Gasteiger partial charge in [-0.1, -0.05) is 12.1 Å². The molecule has 2 rings (SSSR count). The van der Waals surface area contributed by atoms with Crippen molar-refractivity contribution in [3.63, 3.8) is 0 Å². The van der Waals surface area contributed by atoms with Crippen LogP contribution in [0.1, 0.15) is 24.0 Å². The molecular weight excluding hydrogens is 463 g/mol. The molecule has 27 heavy (non-hydrogen) atoms. The molecule has 0 aliphatic heterocycles. The van der Waals surface area contributed by atoms with E-state index in [1.54, 1.807) is 6.07 Å². The number of aryl methyl sites for hydroxylation is 1. The summed E-state index contributed by atoms with van der Waals surface area (Å²) in [6.07, 6.45) is 1.30. The number of benzene rings is 2. The van der Waals surface area contributed by atoms with Crippen molar-refractivity contribution in [1.29, 1.82) is 0 Å². The summed E-state index contributed by atoms with van der Waals surface area (Å²) in [6.45, 7) is 1.90. The lowest BCUT2D eigenvalue weighted by Crippen LogP contribution is -2.20. The van der Waals surface area contributed by atoms with Crippen molar-refractivity contribution >= 4 is 52.0 Å². The predicted molar refractivity (Wildman–Crippen MR) is 111 cm³/mol. The van der Waals surface area contributed by atoms with Crippen molar-refractivity contribution in [2.45, 2.75) is 19.8 Å². The van der Waals surface area contributed by atoms with Crippen LogP contribution < -0.4 is 10.7 Å². The zero-order chi connectivity index (χ0) is 19.8. The number of hydrazone groups is 1. The van der Waals surface area contributed by atoms with Crippen LogP contribution >= 0.6 is 22.6 Å². The number of nitro groups is 1. The first-order chi connectivity index (χ1) is 12.8. The van der Waals surface area contributed by atoms with Crippen LogP contribution in [0, 0.1) is 20.6 Å². The number of rotatable bonds is 7. The topological polar surface area (TPSA) is 114 Å². The van der Waals surface area contributed by atoms with Crippen LogP contribution in [-0.4, -0.2) is 23.0 Å². The highest BCUT2D eigenvalue weighted by atomic mass is 127. The summed E-state index contributed by atoms with van der Waals surface area (Å²) in [5.41, 5.74) is 4.38. The van der Waals surface area contributed by atoms with Gasteiger partial charge in [-0.25, -0.2) is 5.43 Å². The molecule has 2 amide bonds. The first-order valence-electron chi connectivity index (χ1n) is 7.97. The van der Waals surface area contributed by atoms with Gasteiger partial charge in [0, 0.05) is 39.8 Å². The van der Waals surface area contributed by atoms with E-state index in [9.17, 15) is 19.7 Å². The molecule has 0 heterocycles. The summed E-state index contributed by atoms with van der Waals surface area (Å²) in [6, 6.07) is 11.5. The van der Waals surface area contributed by atoms with Crippen LogP contribution in [0.4, 0.5) is 11.4 Å². The Morgan fingerprint density at radius 3 is 2.63 bits per heavy atom. The Balaban J connectivity index is 1.79. The van der Waals surface area contributed by atoms with E-state index >= 15 is 0 Å². The van der Waals surface area contributed by atoms with Gasteiger partial charge >= 0.3 is 0 Å². The van der Waals surface area contributed by atoms with E-state index in [4.69, 9.17) is 0 Å². The van der Waals surface area contributed by atoms with Gasteiger partial charge < -0.3 is 5.32 Å². The number of non-ortho nitro benzene ring substituents is 1. The van der Waals surface area contributed by atoms with Gasteiger partial charge in [0.2, 0.25) is 11.8 Å². The third-order valence-corrected chi connectivity index (χ3v) is 4.20. The normalized spacial score (nSPS) is 10.6. The van der Waals surface area contributed by atoms with Gasteiger partial charge in [0.25, 0.3) is 5.69 Å². The molecule has 0 saturated heterocycles. The van der Waals surface area contributed by atoms with E-state index in [0.29, 0.717) is 11.3 Å². The van der Waals surface area contributed by atoms with E-state index < -0.39 is 10.8 Å². The number of amides is 2. The molecule has 2 aromatic carbocycles. The zero-order valence-electron chi connectivity index (χ0n) is 14.4. The number of carbonyl (C=O) groups excluding carboxylic acids is 2. The minimum Gasteiger partial charge on any atom is -0.326 e. The van der Waals surface area contributed by atoms with Gasteiger partial charge in [0.1, 0.15) is 0 Å². The summed E-state index contributed by atoms with van der Waals surface area (Å²) < 4.78 is 1.07. The third-order valence-electron chi connectivity index (χ3n) is 3.53. The molecule has 8 nitrogen and oxygen atoms in total. The maximum atomic E-state index is 12.0. The lowest BCUT2D eigenvalue weighted by atomic mass is 10.2. The van der Waals surface area contributed by atoms with Crippen LogP contribution in [0.5, 0.6) is 0 Å². The Morgan fingerprint density at radius 1 is 1.19 bits per heavy atom. The maximum Gasteiger partial charge on any atom is 0.270 e. The summed E-state index contributed by atoms with van der Waals surface area (Å²) in [4.78, 5) is 33.9. The lowest BCUT2D eigenvalue weighted by Gasteiger charge is -2.08. The molecule has 0 bridgehead atoms. The number of nitrogens with zero attached hydrogens (tertiary/aromatic N) is 2. The number of anilines is 1. The average molecular weight is 480 g/mol. The van der Waals surface area contributed by atoms with E-state index in [1.807, 2.05) is 25.1 Å². The van der Waals surface area contributed by atoms with E-state index in [0.717, 1.165) is 9.13 Å². The SMILES string of the molecule is Cc1cc(I)ccc1NC(=O)CCC(=O)N/N=C/c1cccc([N+](=O)[O-])c1.